The van der Waals surface area contributed by atoms with Crippen LogP contribution in [-0.4, -0.2) is 9.97 Å². The van der Waals surface area contributed by atoms with Gasteiger partial charge >= 0.3 is 0 Å². The molecule has 90 valence electrons. The lowest BCUT2D eigenvalue weighted by Crippen LogP contribution is -2.02. The lowest BCUT2D eigenvalue weighted by atomic mass is 10.2. The van der Waals surface area contributed by atoms with Gasteiger partial charge in [-0.05, 0) is 29.1 Å². The summed E-state index contributed by atoms with van der Waals surface area (Å²) >= 11 is 7.45. The van der Waals surface area contributed by atoms with Crippen LogP contribution in [0.1, 0.15) is 5.56 Å². The minimum absolute atomic E-state index is 0.653. The van der Waals surface area contributed by atoms with Crippen LogP contribution in [0.15, 0.2) is 41.9 Å². The molecule has 0 amide bonds. The third-order valence-electron chi connectivity index (χ3n) is 2.57. The molecule has 3 aromatic rings. The summed E-state index contributed by atoms with van der Waals surface area (Å²) in [4.78, 5) is 9.71. The largest absolute Gasteiger partial charge is 0.350 e. The molecule has 0 unspecified atom stereocenters. The van der Waals surface area contributed by atoms with E-state index in [9.17, 15) is 0 Å². The number of fused-ring (bicyclic) bond motifs is 1. The molecule has 0 aliphatic heterocycles. The van der Waals surface area contributed by atoms with Gasteiger partial charge in [0, 0.05) is 23.2 Å². The molecule has 0 radical (unpaired) electrons. The first kappa shape index (κ1) is 11.4. The normalized spacial score (nSPS) is 10.7. The fourth-order valence-electron chi connectivity index (χ4n) is 1.62. The smallest absolute Gasteiger partial charge is 0.224 e. The number of rotatable bonds is 3. The fourth-order valence-corrected chi connectivity index (χ4v) is 2.49. The molecular weight excluding hydrogens is 266 g/mol. The van der Waals surface area contributed by atoms with Crippen LogP contribution >= 0.6 is 22.9 Å². The minimum atomic E-state index is 0.653. The van der Waals surface area contributed by atoms with Crippen LogP contribution in [-0.2, 0) is 6.54 Å². The monoisotopic (exact) mass is 275 g/mol. The number of anilines is 1. The fraction of sp³-hybridized carbons (Fsp3) is 0.0769. The van der Waals surface area contributed by atoms with Crippen molar-refractivity contribution in [3.63, 3.8) is 0 Å². The van der Waals surface area contributed by atoms with Crippen LogP contribution in [0, 0.1) is 0 Å². The number of halogens is 1. The van der Waals surface area contributed by atoms with E-state index in [0.29, 0.717) is 12.5 Å². The van der Waals surface area contributed by atoms with Crippen LogP contribution in [0.25, 0.3) is 10.2 Å². The predicted molar refractivity (Wildman–Crippen MR) is 76.2 cm³/mol. The van der Waals surface area contributed by atoms with E-state index < -0.39 is 0 Å². The van der Waals surface area contributed by atoms with Crippen molar-refractivity contribution < 1.29 is 0 Å². The van der Waals surface area contributed by atoms with Gasteiger partial charge in [-0.3, -0.25) is 0 Å². The Hall–Kier alpha value is -1.65. The van der Waals surface area contributed by atoms with E-state index in [1.165, 1.54) is 0 Å². The number of aromatic nitrogens is 2. The van der Waals surface area contributed by atoms with Crippen molar-refractivity contribution in [3.05, 3.63) is 52.5 Å². The minimum Gasteiger partial charge on any atom is -0.350 e. The topological polar surface area (TPSA) is 37.8 Å². The van der Waals surface area contributed by atoms with Crippen LogP contribution in [0.2, 0.25) is 5.02 Å². The lowest BCUT2D eigenvalue weighted by Gasteiger charge is -2.04. The number of nitrogens with zero attached hydrogens (tertiary/aromatic N) is 2. The Balaban J connectivity index is 1.74. The maximum absolute atomic E-state index is 5.84. The molecule has 0 aliphatic rings. The second kappa shape index (κ2) is 4.92. The zero-order valence-electron chi connectivity index (χ0n) is 9.43. The van der Waals surface area contributed by atoms with E-state index in [-0.39, 0.29) is 0 Å². The van der Waals surface area contributed by atoms with Crippen molar-refractivity contribution in [2.75, 3.05) is 5.32 Å². The molecule has 3 nitrogen and oxygen atoms in total. The highest BCUT2D eigenvalue weighted by molar-refractivity contribution is 7.16. The first-order valence-corrected chi connectivity index (χ1v) is 6.75. The van der Waals surface area contributed by atoms with Crippen molar-refractivity contribution in [2.24, 2.45) is 0 Å². The Labute approximate surface area is 113 Å². The van der Waals surface area contributed by atoms with Crippen LogP contribution in [0.3, 0.4) is 0 Å². The third-order valence-corrected chi connectivity index (χ3v) is 3.65. The standard InChI is InChI=1S/C13H10ClN3S/c14-11-3-1-9(2-4-11)7-15-13-16-8-10-5-6-18-12(10)17-13/h1-6,8H,7H2,(H,15,16,17). The molecule has 0 saturated heterocycles. The summed E-state index contributed by atoms with van der Waals surface area (Å²) in [7, 11) is 0. The Morgan fingerprint density at radius 1 is 1.17 bits per heavy atom. The van der Waals surface area contributed by atoms with Gasteiger partial charge in [0.25, 0.3) is 0 Å². The van der Waals surface area contributed by atoms with E-state index in [1.54, 1.807) is 11.3 Å². The van der Waals surface area contributed by atoms with E-state index in [1.807, 2.05) is 41.9 Å². The number of thiophene rings is 1. The van der Waals surface area contributed by atoms with Crippen molar-refractivity contribution in [2.45, 2.75) is 6.54 Å². The number of hydrogen-bond donors (Lipinski definition) is 1. The maximum atomic E-state index is 5.84. The molecule has 1 aromatic carbocycles. The zero-order chi connectivity index (χ0) is 12.4. The van der Waals surface area contributed by atoms with E-state index >= 15 is 0 Å². The third kappa shape index (κ3) is 2.44. The number of benzene rings is 1. The molecule has 18 heavy (non-hydrogen) atoms. The average molecular weight is 276 g/mol. The summed E-state index contributed by atoms with van der Waals surface area (Å²) in [6.45, 7) is 0.689. The molecule has 0 saturated carbocycles. The Morgan fingerprint density at radius 2 is 2.00 bits per heavy atom. The van der Waals surface area contributed by atoms with Crippen LogP contribution in [0.5, 0.6) is 0 Å². The average Bonchev–Trinajstić information content (AvgIpc) is 2.85. The molecule has 0 fully saturated rings. The summed E-state index contributed by atoms with van der Waals surface area (Å²) < 4.78 is 0. The molecular formula is C13H10ClN3S. The summed E-state index contributed by atoms with van der Waals surface area (Å²) in [6.07, 6.45) is 1.84. The van der Waals surface area contributed by atoms with Crippen molar-refractivity contribution in [1.29, 1.82) is 0 Å². The van der Waals surface area contributed by atoms with Crippen LogP contribution in [0.4, 0.5) is 5.95 Å². The van der Waals surface area contributed by atoms with Gasteiger partial charge in [0.2, 0.25) is 5.95 Å². The Morgan fingerprint density at radius 3 is 2.83 bits per heavy atom. The van der Waals surface area contributed by atoms with Crippen molar-refractivity contribution >= 4 is 39.1 Å². The lowest BCUT2D eigenvalue weighted by molar-refractivity contribution is 1.07. The summed E-state index contributed by atoms with van der Waals surface area (Å²) in [5, 5.41) is 7.05. The molecule has 2 heterocycles. The molecule has 0 aliphatic carbocycles. The Bertz CT molecular complexity index is 663. The summed E-state index contributed by atoms with van der Waals surface area (Å²) in [5.74, 6) is 0.653. The summed E-state index contributed by atoms with van der Waals surface area (Å²) in [6, 6.07) is 9.74. The van der Waals surface area contributed by atoms with Gasteiger partial charge in [-0.2, -0.15) is 0 Å². The van der Waals surface area contributed by atoms with Gasteiger partial charge in [-0.1, -0.05) is 23.7 Å². The van der Waals surface area contributed by atoms with Gasteiger partial charge in [0.15, 0.2) is 0 Å². The van der Waals surface area contributed by atoms with E-state index in [0.717, 1.165) is 20.8 Å². The molecule has 1 N–H and O–H groups in total. The molecule has 0 atom stereocenters. The van der Waals surface area contributed by atoms with Gasteiger partial charge in [0.1, 0.15) is 4.83 Å². The quantitative estimate of drug-likeness (QED) is 0.786. The molecule has 0 bridgehead atoms. The number of hydrogen-bond acceptors (Lipinski definition) is 4. The molecule has 3 rings (SSSR count). The van der Waals surface area contributed by atoms with Gasteiger partial charge in [0.05, 0.1) is 0 Å². The first-order valence-electron chi connectivity index (χ1n) is 5.50. The van der Waals surface area contributed by atoms with Crippen molar-refractivity contribution in [1.82, 2.24) is 9.97 Å². The van der Waals surface area contributed by atoms with Crippen molar-refractivity contribution in [3.8, 4) is 0 Å². The summed E-state index contributed by atoms with van der Waals surface area (Å²) in [5.41, 5.74) is 1.15. The maximum Gasteiger partial charge on any atom is 0.224 e. The SMILES string of the molecule is Clc1ccc(CNc2ncc3ccsc3n2)cc1. The zero-order valence-corrected chi connectivity index (χ0v) is 11.0. The molecule has 5 heteroatoms. The van der Waals surface area contributed by atoms with Crippen LogP contribution < -0.4 is 5.32 Å². The predicted octanol–water partition coefficient (Wildman–Crippen LogP) is 3.96. The molecule has 0 spiro atoms. The highest BCUT2D eigenvalue weighted by atomic mass is 35.5. The van der Waals surface area contributed by atoms with E-state index in [4.69, 9.17) is 11.6 Å². The highest BCUT2D eigenvalue weighted by Crippen LogP contribution is 2.18. The highest BCUT2D eigenvalue weighted by Gasteiger charge is 2.00. The van der Waals surface area contributed by atoms with Gasteiger partial charge < -0.3 is 5.32 Å². The van der Waals surface area contributed by atoms with Gasteiger partial charge in [-0.25, -0.2) is 9.97 Å². The molecule has 2 aromatic heterocycles. The Kier molecular flexibility index (Phi) is 3.13. The van der Waals surface area contributed by atoms with Gasteiger partial charge in [-0.15, -0.1) is 11.3 Å². The number of nitrogens with one attached hydrogen (secondary N) is 1. The second-order valence-corrected chi connectivity index (χ2v) is 5.19. The second-order valence-electron chi connectivity index (χ2n) is 3.85. The first-order chi connectivity index (χ1) is 8.81. The van der Waals surface area contributed by atoms with E-state index in [2.05, 4.69) is 15.3 Å².